The van der Waals surface area contributed by atoms with Gasteiger partial charge in [0, 0.05) is 0 Å². The summed E-state index contributed by atoms with van der Waals surface area (Å²) in [6.07, 6.45) is 8.89. The van der Waals surface area contributed by atoms with Crippen molar-refractivity contribution < 1.29 is 0 Å². The number of allylic oxidation sites excluding steroid dienone is 4. The first kappa shape index (κ1) is 10.5. The quantitative estimate of drug-likeness (QED) is 0.535. The normalized spacial score (nSPS) is 15.8. The second kappa shape index (κ2) is 6.21. The van der Waals surface area contributed by atoms with Crippen LogP contribution < -0.4 is 0 Å². The Hall–Kier alpha value is -0.520. The molecule has 0 radical (unpaired) electrons. The highest BCUT2D eigenvalue weighted by molar-refractivity contribution is 5.09. The van der Waals surface area contributed by atoms with E-state index >= 15 is 0 Å². The molecule has 0 fully saturated rings. The topological polar surface area (TPSA) is 0 Å². The fourth-order valence-corrected chi connectivity index (χ4v) is 1.02. The lowest BCUT2D eigenvalue weighted by Gasteiger charge is -2.06. The van der Waals surface area contributed by atoms with Crippen molar-refractivity contribution in [2.75, 3.05) is 0 Å². The zero-order valence-corrected chi connectivity index (χ0v) is 8.22. The van der Waals surface area contributed by atoms with Crippen molar-refractivity contribution >= 4 is 0 Å². The molecule has 0 aromatic rings. The van der Waals surface area contributed by atoms with Crippen LogP contribution in [0.5, 0.6) is 0 Å². The lowest BCUT2D eigenvalue weighted by molar-refractivity contribution is 0.557. The molecule has 64 valence electrons. The van der Waals surface area contributed by atoms with Crippen molar-refractivity contribution in [1.29, 1.82) is 0 Å². The molecule has 0 aliphatic carbocycles. The van der Waals surface area contributed by atoms with Gasteiger partial charge >= 0.3 is 0 Å². The molecule has 0 aromatic carbocycles. The zero-order valence-electron chi connectivity index (χ0n) is 8.22. The van der Waals surface area contributed by atoms with E-state index in [0.29, 0.717) is 0 Å². The Morgan fingerprint density at radius 3 is 2.55 bits per heavy atom. The lowest BCUT2D eigenvalue weighted by atomic mass is 10.00. The summed E-state index contributed by atoms with van der Waals surface area (Å²) in [4.78, 5) is 0. The minimum atomic E-state index is 0.830. The fraction of sp³-hybridized carbons (Fsp3) is 0.636. The lowest BCUT2D eigenvalue weighted by Crippen LogP contribution is -1.91. The predicted molar refractivity (Wildman–Crippen MR) is 52.6 cm³/mol. The fourth-order valence-electron chi connectivity index (χ4n) is 1.02. The van der Waals surface area contributed by atoms with Crippen LogP contribution in [0.1, 0.15) is 40.5 Å². The summed E-state index contributed by atoms with van der Waals surface area (Å²) < 4.78 is 0. The Labute approximate surface area is 71.0 Å². The molecule has 0 amide bonds. The standard InChI is InChI=1S/C11H20/c1-5-7-8-11(4)9-10(3)6-2/h5,7-8,10H,6,9H2,1-4H3/b7-5-,11-8+. The molecule has 11 heavy (non-hydrogen) atoms. The molecule has 1 unspecified atom stereocenters. The van der Waals surface area contributed by atoms with Crippen LogP contribution in [-0.4, -0.2) is 0 Å². The van der Waals surface area contributed by atoms with Gasteiger partial charge in [0.25, 0.3) is 0 Å². The maximum Gasteiger partial charge on any atom is -0.0294 e. The summed E-state index contributed by atoms with van der Waals surface area (Å²) in [5, 5.41) is 0. The molecule has 0 aliphatic heterocycles. The van der Waals surface area contributed by atoms with E-state index in [4.69, 9.17) is 0 Å². The second-order valence-electron chi connectivity index (χ2n) is 3.26. The van der Waals surface area contributed by atoms with E-state index in [2.05, 4.69) is 39.0 Å². The van der Waals surface area contributed by atoms with E-state index in [0.717, 1.165) is 5.92 Å². The summed E-state index contributed by atoms with van der Waals surface area (Å²) in [6.45, 7) is 8.79. The molecule has 0 nitrogen and oxygen atoms in total. The molecule has 0 bridgehead atoms. The van der Waals surface area contributed by atoms with Crippen LogP contribution in [0.2, 0.25) is 0 Å². The van der Waals surface area contributed by atoms with Gasteiger partial charge in [0.1, 0.15) is 0 Å². The first-order valence-electron chi connectivity index (χ1n) is 4.49. The van der Waals surface area contributed by atoms with Gasteiger partial charge in [-0.05, 0) is 26.2 Å². The summed E-state index contributed by atoms with van der Waals surface area (Å²) in [5.74, 6) is 0.830. The number of hydrogen-bond acceptors (Lipinski definition) is 0. The first-order chi connectivity index (χ1) is 5.20. The molecule has 0 heteroatoms. The van der Waals surface area contributed by atoms with Gasteiger partial charge in [0.2, 0.25) is 0 Å². The Kier molecular flexibility index (Phi) is 5.91. The summed E-state index contributed by atoms with van der Waals surface area (Å²) >= 11 is 0. The van der Waals surface area contributed by atoms with Crippen LogP contribution in [-0.2, 0) is 0 Å². The van der Waals surface area contributed by atoms with Crippen molar-refractivity contribution in [1.82, 2.24) is 0 Å². The van der Waals surface area contributed by atoms with Crippen LogP contribution in [0.25, 0.3) is 0 Å². The van der Waals surface area contributed by atoms with E-state index < -0.39 is 0 Å². The Bertz CT molecular complexity index is 140. The van der Waals surface area contributed by atoms with E-state index in [1.807, 2.05) is 6.92 Å². The monoisotopic (exact) mass is 152 g/mol. The third-order valence-electron chi connectivity index (χ3n) is 1.94. The highest BCUT2D eigenvalue weighted by atomic mass is 14.0. The van der Waals surface area contributed by atoms with Gasteiger partial charge < -0.3 is 0 Å². The Morgan fingerprint density at radius 2 is 2.09 bits per heavy atom. The highest BCUT2D eigenvalue weighted by Crippen LogP contribution is 2.13. The van der Waals surface area contributed by atoms with E-state index in [1.165, 1.54) is 18.4 Å². The average Bonchev–Trinajstić information content (AvgIpc) is 2.00. The average molecular weight is 152 g/mol. The van der Waals surface area contributed by atoms with Crippen LogP contribution in [0.3, 0.4) is 0 Å². The molecule has 0 heterocycles. The van der Waals surface area contributed by atoms with Gasteiger partial charge in [0.05, 0.1) is 0 Å². The molecule has 0 spiro atoms. The Balaban J connectivity index is 3.75. The molecular formula is C11H20. The van der Waals surface area contributed by atoms with E-state index in [9.17, 15) is 0 Å². The van der Waals surface area contributed by atoms with Crippen molar-refractivity contribution in [3.8, 4) is 0 Å². The van der Waals surface area contributed by atoms with E-state index in [-0.39, 0.29) is 0 Å². The van der Waals surface area contributed by atoms with Gasteiger partial charge in [0.15, 0.2) is 0 Å². The smallest absolute Gasteiger partial charge is 0.0294 e. The second-order valence-corrected chi connectivity index (χ2v) is 3.26. The summed E-state index contributed by atoms with van der Waals surface area (Å²) in [7, 11) is 0. The van der Waals surface area contributed by atoms with Gasteiger partial charge in [-0.15, -0.1) is 0 Å². The third kappa shape index (κ3) is 5.90. The highest BCUT2D eigenvalue weighted by Gasteiger charge is 1.97. The molecular weight excluding hydrogens is 132 g/mol. The molecule has 1 atom stereocenters. The minimum Gasteiger partial charge on any atom is -0.0877 e. The zero-order chi connectivity index (χ0) is 8.69. The maximum atomic E-state index is 2.30. The van der Waals surface area contributed by atoms with Crippen molar-refractivity contribution in [3.63, 3.8) is 0 Å². The molecule has 0 aliphatic rings. The third-order valence-corrected chi connectivity index (χ3v) is 1.94. The van der Waals surface area contributed by atoms with Gasteiger partial charge in [-0.25, -0.2) is 0 Å². The molecule has 0 saturated heterocycles. The molecule has 0 saturated carbocycles. The van der Waals surface area contributed by atoms with Gasteiger partial charge in [-0.1, -0.05) is 44.1 Å². The molecule has 0 aromatic heterocycles. The van der Waals surface area contributed by atoms with Crippen molar-refractivity contribution in [2.24, 2.45) is 5.92 Å². The van der Waals surface area contributed by atoms with Crippen LogP contribution in [0, 0.1) is 5.92 Å². The van der Waals surface area contributed by atoms with Gasteiger partial charge in [-0.2, -0.15) is 0 Å². The van der Waals surface area contributed by atoms with Crippen molar-refractivity contribution in [3.05, 3.63) is 23.8 Å². The largest absolute Gasteiger partial charge is 0.0877 e. The number of rotatable bonds is 4. The molecule has 0 N–H and O–H groups in total. The summed E-state index contributed by atoms with van der Waals surface area (Å²) in [6, 6.07) is 0. The van der Waals surface area contributed by atoms with Crippen LogP contribution >= 0.6 is 0 Å². The van der Waals surface area contributed by atoms with Crippen LogP contribution in [0.15, 0.2) is 23.8 Å². The van der Waals surface area contributed by atoms with Gasteiger partial charge in [-0.3, -0.25) is 0 Å². The predicted octanol–water partition coefficient (Wildman–Crippen LogP) is 3.95. The molecule has 0 rings (SSSR count). The maximum absolute atomic E-state index is 2.30. The van der Waals surface area contributed by atoms with Crippen molar-refractivity contribution in [2.45, 2.75) is 40.5 Å². The summed E-state index contributed by atoms with van der Waals surface area (Å²) in [5.41, 5.74) is 1.48. The Morgan fingerprint density at radius 1 is 1.45 bits per heavy atom. The SMILES string of the molecule is C/C=C\C=C(/C)CC(C)CC. The number of hydrogen-bond donors (Lipinski definition) is 0. The van der Waals surface area contributed by atoms with E-state index in [1.54, 1.807) is 0 Å². The minimum absolute atomic E-state index is 0.830. The first-order valence-corrected chi connectivity index (χ1v) is 4.49. The van der Waals surface area contributed by atoms with Crippen LogP contribution in [0.4, 0.5) is 0 Å².